The van der Waals surface area contributed by atoms with Gasteiger partial charge in [0.1, 0.15) is 0 Å². The van der Waals surface area contributed by atoms with E-state index in [1.165, 1.54) is 4.68 Å². The quantitative estimate of drug-likeness (QED) is 0.873. The predicted molar refractivity (Wildman–Crippen MR) is 79.7 cm³/mol. The van der Waals surface area contributed by atoms with Crippen molar-refractivity contribution in [2.75, 3.05) is 25.5 Å². The zero-order valence-electron chi connectivity index (χ0n) is 12.9. The standard InChI is InChI=1S/C14H26N4O/c1-7-17(6)11-8-13(19)18(16-9-11)10-12(15-5)14(2,3)4/h8-9,12,15H,7,10H2,1-6H3. The Balaban J connectivity index is 2.95. The number of rotatable bonds is 5. The predicted octanol–water partition coefficient (Wildman–Crippen LogP) is 1.33. The number of nitrogens with zero attached hydrogens (tertiary/aromatic N) is 3. The molecule has 0 bridgehead atoms. The van der Waals surface area contributed by atoms with Crippen LogP contribution < -0.4 is 15.8 Å². The van der Waals surface area contributed by atoms with Crippen molar-refractivity contribution in [3.63, 3.8) is 0 Å². The normalized spacial score (nSPS) is 13.4. The highest BCUT2D eigenvalue weighted by molar-refractivity contribution is 5.41. The van der Waals surface area contributed by atoms with E-state index in [9.17, 15) is 4.79 Å². The fourth-order valence-electron chi connectivity index (χ4n) is 1.92. The van der Waals surface area contributed by atoms with Gasteiger partial charge in [0.05, 0.1) is 18.4 Å². The first kappa shape index (κ1) is 15.7. The third-order valence-electron chi connectivity index (χ3n) is 3.52. The highest BCUT2D eigenvalue weighted by atomic mass is 16.1. The summed E-state index contributed by atoms with van der Waals surface area (Å²) in [7, 11) is 3.87. The minimum Gasteiger partial charge on any atom is -0.373 e. The summed E-state index contributed by atoms with van der Waals surface area (Å²) in [4.78, 5) is 14.1. The van der Waals surface area contributed by atoms with E-state index in [1.807, 2.05) is 25.9 Å². The molecule has 5 heteroatoms. The minimum atomic E-state index is -0.0534. The molecule has 1 heterocycles. The summed E-state index contributed by atoms with van der Waals surface area (Å²) in [6, 6.07) is 1.85. The van der Waals surface area contributed by atoms with Crippen LogP contribution in [0.15, 0.2) is 17.1 Å². The lowest BCUT2D eigenvalue weighted by atomic mass is 9.87. The number of anilines is 1. The SMILES string of the molecule is CCN(C)c1cnn(CC(NC)C(C)(C)C)c(=O)c1. The van der Waals surface area contributed by atoms with Crippen molar-refractivity contribution in [3.8, 4) is 0 Å². The van der Waals surface area contributed by atoms with Crippen LogP contribution in [-0.2, 0) is 6.54 Å². The van der Waals surface area contributed by atoms with Gasteiger partial charge in [-0.1, -0.05) is 20.8 Å². The Morgan fingerprint density at radius 3 is 2.53 bits per heavy atom. The van der Waals surface area contributed by atoms with E-state index >= 15 is 0 Å². The van der Waals surface area contributed by atoms with Crippen molar-refractivity contribution in [2.24, 2.45) is 5.41 Å². The highest BCUT2D eigenvalue weighted by Crippen LogP contribution is 2.19. The molecule has 0 saturated carbocycles. The minimum absolute atomic E-state index is 0.0534. The van der Waals surface area contributed by atoms with Crippen LogP contribution in [0, 0.1) is 5.41 Å². The topological polar surface area (TPSA) is 50.2 Å². The van der Waals surface area contributed by atoms with Gasteiger partial charge >= 0.3 is 0 Å². The smallest absolute Gasteiger partial charge is 0.268 e. The molecule has 0 spiro atoms. The van der Waals surface area contributed by atoms with Crippen molar-refractivity contribution >= 4 is 5.69 Å². The molecule has 0 radical (unpaired) electrons. The fourth-order valence-corrected chi connectivity index (χ4v) is 1.92. The monoisotopic (exact) mass is 266 g/mol. The number of likely N-dealkylation sites (N-methyl/N-ethyl adjacent to an activating group) is 1. The van der Waals surface area contributed by atoms with Crippen molar-refractivity contribution in [3.05, 3.63) is 22.6 Å². The van der Waals surface area contributed by atoms with E-state index in [4.69, 9.17) is 0 Å². The first-order valence-corrected chi connectivity index (χ1v) is 6.75. The Morgan fingerprint density at radius 2 is 2.11 bits per heavy atom. The lowest BCUT2D eigenvalue weighted by Gasteiger charge is -2.30. The van der Waals surface area contributed by atoms with Crippen LogP contribution in [0.2, 0.25) is 0 Å². The lowest BCUT2D eigenvalue weighted by molar-refractivity contribution is 0.244. The molecular weight excluding hydrogens is 240 g/mol. The second kappa shape index (κ2) is 6.19. The first-order valence-electron chi connectivity index (χ1n) is 6.75. The molecule has 19 heavy (non-hydrogen) atoms. The molecule has 0 aliphatic rings. The highest BCUT2D eigenvalue weighted by Gasteiger charge is 2.24. The van der Waals surface area contributed by atoms with Crippen LogP contribution >= 0.6 is 0 Å². The van der Waals surface area contributed by atoms with Gasteiger partial charge in [0.2, 0.25) is 0 Å². The van der Waals surface area contributed by atoms with Gasteiger partial charge in [0, 0.05) is 25.7 Å². The maximum absolute atomic E-state index is 12.1. The summed E-state index contributed by atoms with van der Waals surface area (Å²) in [6.07, 6.45) is 1.75. The molecule has 0 amide bonds. The van der Waals surface area contributed by atoms with Crippen molar-refractivity contribution in [1.82, 2.24) is 15.1 Å². The van der Waals surface area contributed by atoms with Crippen molar-refractivity contribution < 1.29 is 0 Å². The molecule has 1 rings (SSSR count). The number of hydrogen-bond donors (Lipinski definition) is 1. The van der Waals surface area contributed by atoms with Crippen LogP contribution in [0.25, 0.3) is 0 Å². The average Bonchev–Trinajstić information content (AvgIpc) is 2.34. The van der Waals surface area contributed by atoms with E-state index in [0.29, 0.717) is 6.54 Å². The zero-order valence-corrected chi connectivity index (χ0v) is 12.9. The average molecular weight is 266 g/mol. The molecular formula is C14H26N4O. The summed E-state index contributed by atoms with van der Waals surface area (Å²) < 4.78 is 1.53. The first-order chi connectivity index (χ1) is 8.79. The maximum atomic E-state index is 12.1. The van der Waals surface area contributed by atoms with Crippen LogP contribution in [0.1, 0.15) is 27.7 Å². The molecule has 1 N–H and O–H groups in total. The molecule has 0 saturated heterocycles. The van der Waals surface area contributed by atoms with Gasteiger partial charge in [0.25, 0.3) is 5.56 Å². The Labute approximate surface area is 115 Å². The lowest BCUT2D eigenvalue weighted by Crippen LogP contribution is -2.44. The third-order valence-corrected chi connectivity index (χ3v) is 3.52. The Bertz CT molecular complexity index is 461. The summed E-state index contributed by atoms with van der Waals surface area (Å²) in [5.41, 5.74) is 0.886. The summed E-state index contributed by atoms with van der Waals surface area (Å²) in [6.45, 7) is 9.93. The van der Waals surface area contributed by atoms with E-state index in [-0.39, 0.29) is 17.0 Å². The molecule has 1 atom stereocenters. The van der Waals surface area contributed by atoms with Gasteiger partial charge in [-0.05, 0) is 19.4 Å². The van der Waals surface area contributed by atoms with E-state index in [2.05, 4.69) is 31.2 Å². The number of hydrogen-bond acceptors (Lipinski definition) is 4. The van der Waals surface area contributed by atoms with E-state index < -0.39 is 0 Å². The van der Waals surface area contributed by atoms with Crippen LogP contribution in [0.5, 0.6) is 0 Å². The summed E-state index contributed by atoms with van der Waals surface area (Å²) in [5.74, 6) is 0. The largest absolute Gasteiger partial charge is 0.373 e. The van der Waals surface area contributed by atoms with Crippen LogP contribution in [-0.4, -0.2) is 36.5 Å². The molecule has 108 valence electrons. The van der Waals surface area contributed by atoms with Gasteiger partial charge < -0.3 is 10.2 Å². The van der Waals surface area contributed by atoms with E-state index in [1.54, 1.807) is 12.3 Å². The van der Waals surface area contributed by atoms with E-state index in [0.717, 1.165) is 12.2 Å². The van der Waals surface area contributed by atoms with Crippen LogP contribution in [0.4, 0.5) is 5.69 Å². The van der Waals surface area contributed by atoms with Gasteiger partial charge in [-0.25, -0.2) is 4.68 Å². The molecule has 1 unspecified atom stereocenters. The second-order valence-electron chi connectivity index (χ2n) is 5.96. The Hall–Kier alpha value is -1.36. The third kappa shape index (κ3) is 4.06. The van der Waals surface area contributed by atoms with Gasteiger partial charge in [-0.15, -0.1) is 0 Å². The molecule has 1 aromatic rings. The zero-order chi connectivity index (χ0) is 14.6. The molecule has 0 fully saturated rings. The van der Waals surface area contributed by atoms with Gasteiger partial charge in [0.15, 0.2) is 0 Å². The van der Waals surface area contributed by atoms with Crippen molar-refractivity contribution in [2.45, 2.75) is 40.3 Å². The number of aromatic nitrogens is 2. The van der Waals surface area contributed by atoms with Crippen LogP contribution in [0.3, 0.4) is 0 Å². The molecule has 0 aromatic carbocycles. The maximum Gasteiger partial charge on any atom is 0.268 e. The molecule has 5 nitrogen and oxygen atoms in total. The Kier molecular flexibility index (Phi) is 5.11. The van der Waals surface area contributed by atoms with Gasteiger partial charge in [-0.3, -0.25) is 4.79 Å². The van der Waals surface area contributed by atoms with Gasteiger partial charge in [-0.2, -0.15) is 5.10 Å². The summed E-state index contributed by atoms with van der Waals surface area (Å²) in [5, 5.41) is 7.53. The molecule has 1 aromatic heterocycles. The molecule has 0 aliphatic carbocycles. The Morgan fingerprint density at radius 1 is 1.47 bits per heavy atom. The fraction of sp³-hybridized carbons (Fsp3) is 0.714. The van der Waals surface area contributed by atoms with Crippen molar-refractivity contribution in [1.29, 1.82) is 0 Å². The summed E-state index contributed by atoms with van der Waals surface area (Å²) >= 11 is 0. The molecule has 0 aliphatic heterocycles. The number of nitrogens with one attached hydrogen (secondary N) is 1. The second-order valence-corrected chi connectivity index (χ2v) is 5.96.